The van der Waals surface area contributed by atoms with Gasteiger partial charge in [-0.05, 0) is 30.2 Å². The lowest BCUT2D eigenvalue weighted by molar-refractivity contribution is -0.122. The summed E-state index contributed by atoms with van der Waals surface area (Å²) in [5.41, 5.74) is 10.5. The first-order valence-electron chi connectivity index (χ1n) is 7.22. The lowest BCUT2D eigenvalue weighted by Crippen LogP contribution is -2.41. The molecular weight excluding hydrogens is 314 g/mol. The fraction of sp³-hybridized carbons (Fsp3) is 0.188. The minimum absolute atomic E-state index is 0.0605. The van der Waals surface area contributed by atoms with Gasteiger partial charge in [0.25, 0.3) is 5.91 Å². The van der Waals surface area contributed by atoms with E-state index in [2.05, 4.69) is 26.4 Å². The maximum absolute atomic E-state index is 12.1. The van der Waals surface area contributed by atoms with E-state index in [9.17, 15) is 4.79 Å². The Hall–Kier alpha value is -2.28. The first-order chi connectivity index (χ1) is 11.2. The Morgan fingerprint density at radius 3 is 2.87 bits per heavy atom. The van der Waals surface area contributed by atoms with Crippen LogP contribution in [0, 0.1) is 0 Å². The molecule has 3 rings (SSSR count). The van der Waals surface area contributed by atoms with Crippen LogP contribution in [0.3, 0.4) is 0 Å². The van der Waals surface area contributed by atoms with Crippen molar-refractivity contribution in [1.82, 2.24) is 21.3 Å². The summed E-state index contributed by atoms with van der Waals surface area (Å²) in [5.74, 6) is -0.186. The number of hydrazone groups is 1. The van der Waals surface area contributed by atoms with Crippen LogP contribution in [0.2, 0.25) is 5.02 Å². The van der Waals surface area contributed by atoms with Crippen LogP contribution in [0.25, 0.3) is 0 Å². The zero-order valence-electron chi connectivity index (χ0n) is 12.2. The van der Waals surface area contributed by atoms with Crippen LogP contribution in [-0.2, 0) is 4.79 Å². The summed E-state index contributed by atoms with van der Waals surface area (Å²) in [4.78, 5) is 16.1. The highest BCUT2D eigenvalue weighted by atomic mass is 35.5. The maximum atomic E-state index is 12.1. The van der Waals surface area contributed by atoms with Crippen LogP contribution in [0.15, 0.2) is 53.9 Å². The third kappa shape index (κ3) is 4.13. The second-order valence-corrected chi connectivity index (χ2v) is 5.64. The number of hydrogen-bond donors (Lipinski definition) is 3. The number of rotatable bonds is 4. The first-order valence-corrected chi connectivity index (χ1v) is 7.59. The molecule has 2 heterocycles. The molecule has 1 aromatic heterocycles. The van der Waals surface area contributed by atoms with E-state index in [1.807, 2.05) is 36.4 Å². The second kappa shape index (κ2) is 7.32. The highest BCUT2D eigenvalue weighted by Gasteiger charge is 2.29. The Labute approximate surface area is 138 Å². The van der Waals surface area contributed by atoms with E-state index >= 15 is 0 Å². The van der Waals surface area contributed by atoms with Crippen molar-refractivity contribution in [2.75, 3.05) is 0 Å². The van der Waals surface area contributed by atoms with E-state index in [0.717, 1.165) is 11.1 Å². The summed E-state index contributed by atoms with van der Waals surface area (Å²) in [6, 6.07) is 10.9. The van der Waals surface area contributed by atoms with Crippen molar-refractivity contribution >= 4 is 23.7 Å². The smallest absolute Gasteiger partial charge is 0.258 e. The average molecular weight is 330 g/mol. The number of hydrogen-bond acceptors (Lipinski definition) is 5. The molecule has 118 valence electrons. The Balaban J connectivity index is 1.53. The Morgan fingerprint density at radius 1 is 1.30 bits per heavy atom. The van der Waals surface area contributed by atoms with Crippen LogP contribution in [-0.4, -0.2) is 23.1 Å². The first kappa shape index (κ1) is 15.6. The molecule has 1 saturated heterocycles. The molecule has 0 radical (unpaired) electrons. The summed E-state index contributed by atoms with van der Waals surface area (Å²) in [7, 11) is 0. The predicted molar refractivity (Wildman–Crippen MR) is 88.8 cm³/mol. The van der Waals surface area contributed by atoms with Gasteiger partial charge in [-0.3, -0.25) is 9.78 Å². The average Bonchev–Trinajstić information content (AvgIpc) is 3.06. The molecule has 2 unspecified atom stereocenters. The van der Waals surface area contributed by atoms with Gasteiger partial charge in [0.15, 0.2) is 0 Å². The minimum Gasteiger partial charge on any atom is -0.271 e. The number of amides is 1. The number of nitrogens with zero attached hydrogens (tertiary/aromatic N) is 2. The zero-order valence-corrected chi connectivity index (χ0v) is 13.0. The van der Waals surface area contributed by atoms with Gasteiger partial charge in [-0.25, -0.2) is 16.3 Å². The summed E-state index contributed by atoms with van der Waals surface area (Å²) in [6.07, 6.45) is 5.54. The van der Waals surface area contributed by atoms with Crippen molar-refractivity contribution in [2.45, 2.75) is 18.5 Å². The predicted octanol–water partition coefficient (Wildman–Crippen LogP) is 1.79. The molecule has 7 heteroatoms. The molecule has 1 aliphatic heterocycles. The number of pyridine rings is 1. The summed E-state index contributed by atoms with van der Waals surface area (Å²) >= 11 is 5.88. The molecule has 0 bridgehead atoms. The number of hydrazine groups is 1. The van der Waals surface area contributed by atoms with Gasteiger partial charge in [0, 0.05) is 29.0 Å². The highest BCUT2D eigenvalue weighted by molar-refractivity contribution is 6.30. The quantitative estimate of drug-likeness (QED) is 0.590. The van der Waals surface area contributed by atoms with E-state index in [1.165, 1.54) is 0 Å². The molecule has 2 atom stereocenters. The molecule has 1 fully saturated rings. The van der Waals surface area contributed by atoms with E-state index < -0.39 is 0 Å². The number of nitrogens with one attached hydrogen (secondary N) is 3. The lowest BCUT2D eigenvalue weighted by Gasteiger charge is -2.09. The summed E-state index contributed by atoms with van der Waals surface area (Å²) in [6.45, 7) is 0. The number of carbonyl (C=O) groups is 1. The zero-order chi connectivity index (χ0) is 16.1. The van der Waals surface area contributed by atoms with Crippen LogP contribution in [0.4, 0.5) is 0 Å². The topological polar surface area (TPSA) is 78.4 Å². The van der Waals surface area contributed by atoms with Gasteiger partial charge in [0.05, 0.1) is 6.21 Å². The van der Waals surface area contributed by atoms with Gasteiger partial charge in [-0.2, -0.15) is 5.10 Å². The standard InChI is InChI=1S/C16H16ClN5O/c17-13-5-3-12(4-6-13)14-8-15(21-20-14)16(23)22-19-10-11-2-1-7-18-9-11/h1-7,9-10,14-15,20-21H,8H2,(H,22,23)/b19-10+. The fourth-order valence-electron chi connectivity index (χ4n) is 2.34. The van der Waals surface area contributed by atoms with Gasteiger partial charge >= 0.3 is 0 Å². The Bertz CT molecular complexity index is 689. The van der Waals surface area contributed by atoms with Crippen LogP contribution >= 0.6 is 11.6 Å². The van der Waals surface area contributed by atoms with Gasteiger partial charge in [0.1, 0.15) is 6.04 Å². The number of halogens is 1. The van der Waals surface area contributed by atoms with Crippen molar-refractivity contribution in [1.29, 1.82) is 0 Å². The molecule has 0 spiro atoms. The molecule has 3 N–H and O–H groups in total. The van der Waals surface area contributed by atoms with Crippen molar-refractivity contribution < 1.29 is 4.79 Å². The van der Waals surface area contributed by atoms with Crippen molar-refractivity contribution in [3.05, 3.63) is 64.9 Å². The van der Waals surface area contributed by atoms with Gasteiger partial charge in [-0.15, -0.1) is 0 Å². The van der Waals surface area contributed by atoms with Crippen LogP contribution < -0.4 is 16.3 Å². The summed E-state index contributed by atoms with van der Waals surface area (Å²) < 4.78 is 0. The monoisotopic (exact) mass is 329 g/mol. The maximum Gasteiger partial charge on any atom is 0.258 e. The molecule has 6 nitrogen and oxygen atoms in total. The third-order valence-corrected chi connectivity index (χ3v) is 3.82. The van der Waals surface area contributed by atoms with Gasteiger partial charge in [-0.1, -0.05) is 29.8 Å². The Kier molecular flexibility index (Phi) is 4.97. The van der Waals surface area contributed by atoms with Gasteiger partial charge in [0.2, 0.25) is 0 Å². The molecule has 0 aliphatic carbocycles. The van der Waals surface area contributed by atoms with Crippen molar-refractivity contribution in [2.24, 2.45) is 5.10 Å². The molecular formula is C16H16ClN5O. The van der Waals surface area contributed by atoms with E-state index in [1.54, 1.807) is 18.6 Å². The van der Waals surface area contributed by atoms with Crippen molar-refractivity contribution in [3.63, 3.8) is 0 Å². The number of aromatic nitrogens is 1. The van der Waals surface area contributed by atoms with Crippen molar-refractivity contribution in [3.8, 4) is 0 Å². The molecule has 1 aromatic carbocycles. The van der Waals surface area contributed by atoms with E-state index in [4.69, 9.17) is 11.6 Å². The van der Waals surface area contributed by atoms with Gasteiger partial charge < -0.3 is 0 Å². The van der Waals surface area contributed by atoms with E-state index in [-0.39, 0.29) is 18.0 Å². The summed E-state index contributed by atoms with van der Waals surface area (Å²) in [5, 5.41) is 4.64. The highest BCUT2D eigenvalue weighted by Crippen LogP contribution is 2.23. The number of benzene rings is 1. The van der Waals surface area contributed by atoms with Crippen LogP contribution in [0.1, 0.15) is 23.6 Å². The largest absolute Gasteiger partial charge is 0.271 e. The molecule has 23 heavy (non-hydrogen) atoms. The third-order valence-electron chi connectivity index (χ3n) is 3.56. The molecule has 2 aromatic rings. The molecule has 1 aliphatic rings. The Morgan fingerprint density at radius 2 is 2.13 bits per heavy atom. The fourth-order valence-corrected chi connectivity index (χ4v) is 2.47. The molecule has 1 amide bonds. The van der Waals surface area contributed by atoms with E-state index in [0.29, 0.717) is 11.4 Å². The SMILES string of the molecule is O=C(N/N=C/c1cccnc1)C1CC(c2ccc(Cl)cc2)NN1. The molecule has 0 saturated carbocycles. The number of carbonyl (C=O) groups excluding carboxylic acids is 1. The minimum atomic E-state index is -0.346. The normalized spacial score (nSPS) is 20.7. The van der Waals surface area contributed by atoms with Crippen LogP contribution in [0.5, 0.6) is 0 Å². The lowest BCUT2D eigenvalue weighted by atomic mass is 10.0. The second-order valence-electron chi connectivity index (χ2n) is 5.20.